The van der Waals surface area contributed by atoms with Crippen LogP contribution < -0.4 is 16.2 Å². The van der Waals surface area contributed by atoms with Gasteiger partial charge in [-0.2, -0.15) is 4.31 Å². The quantitative estimate of drug-likeness (QED) is 0.420. The molecule has 0 atom stereocenters. The Hall–Kier alpha value is -3.96. The minimum absolute atomic E-state index is 0.0267. The normalized spacial score (nSPS) is 11.1. The monoisotopic (exact) mass is 484 g/mol. The fourth-order valence-corrected chi connectivity index (χ4v) is 4.65. The van der Waals surface area contributed by atoms with E-state index in [1.54, 1.807) is 32.0 Å². The summed E-state index contributed by atoms with van der Waals surface area (Å²) in [6, 6.07) is 14.8. The van der Waals surface area contributed by atoms with Crippen LogP contribution in [0.25, 0.3) is 0 Å². The number of furan rings is 1. The van der Waals surface area contributed by atoms with Crippen molar-refractivity contribution in [3.63, 3.8) is 0 Å². The largest absolute Gasteiger partial charge is 0.459 e. The summed E-state index contributed by atoms with van der Waals surface area (Å²) in [4.78, 5) is 37.4. The van der Waals surface area contributed by atoms with Crippen molar-refractivity contribution < 1.29 is 27.2 Å². The summed E-state index contributed by atoms with van der Waals surface area (Å²) in [7, 11) is -3.75. The molecular weight excluding hydrogens is 460 g/mol. The molecule has 3 amide bonds. The molecule has 0 aliphatic rings. The standard InChI is InChI=1S/C23H24N4O6S/c1-3-27(4-2)34(31,32)17-10-7-9-16(15-17)21(28)25-26-22(29)18-11-5-6-12-19(18)24-23(30)20-13-8-14-33-20/h5-15H,3-4H2,1-2H3,(H,24,30)(H,25,28)(H,26,29). The molecule has 1 heterocycles. The lowest BCUT2D eigenvalue weighted by atomic mass is 10.1. The Morgan fingerprint density at radius 1 is 0.853 bits per heavy atom. The Bertz CT molecular complexity index is 1280. The first-order valence-electron chi connectivity index (χ1n) is 10.4. The summed E-state index contributed by atoms with van der Waals surface area (Å²) in [5.74, 6) is -1.86. The SMILES string of the molecule is CCN(CC)S(=O)(=O)c1cccc(C(=O)NNC(=O)c2ccccc2NC(=O)c2ccco2)c1. The summed E-state index contributed by atoms with van der Waals surface area (Å²) in [5, 5.41) is 2.58. The number of nitrogens with one attached hydrogen (secondary N) is 3. The molecule has 3 rings (SSSR count). The molecule has 3 aromatic rings. The van der Waals surface area contributed by atoms with Gasteiger partial charge in [0, 0.05) is 18.7 Å². The van der Waals surface area contributed by atoms with Crippen molar-refractivity contribution in [2.75, 3.05) is 18.4 Å². The zero-order valence-electron chi connectivity index (χ0n) is 18.6. The molecule has 178 valence electrons. The second-order valence-electron chi connectivity index (χ2n) is 7.00. The van der Waals surface area contributed by atoms with E-state index in [0.29, 0.717) is 13.1 Å². The van der Waals surface area contributed by atoms with Gasteiger partial charge in [-0.15, -0.1) is 0 Å². The van der Waals surface area contributed by atoms with Gasteiger partial charge < -0.3 is 9.73 Å². The minimum Gasteiger partial charge on any atom is -0.459 e. The van der Waals surface area contributed by atoms with Gasteiger partial charge in [-0.3, -0.25) is 25.2 Å². The van der Waals surface area contributed by atoms with E-state index in [9.17, 15) is 22.8 Å². The topological polar surface area (TPSA) is 138 Å². The lowest BCUT2D eigenvalue weighted by molar-refractivity contribution is 0.0846. The molecular formula is C23H24N4O6S. The first-order chi connectivity index (χ1) is 16.3. The molecule has 0 fully saturated rings. The average Bonchev–Trinajstić information content (AvgIpc) is 3.38. The number of sulfonamides is 1. The van der Waals surface area contributed by atoms with E-state index >= 15 is 0 Å². The Balaban J connectivity index is 1.71. The predicted octanol–water partition coefficient (Wildman–Crippen LogP) is 2.64. The van der Waals surface area contributed by atoms with Crippen molar-refractivity contribution in [2.24, 2.45) is 0 Å². The molecule has 1 aromatic heterocycles. The summed E-state index contributed by atoms with van der Waals surface area (Å²) >= 11 is 0. The van der Waals surface area contributed by atoms with Gasteiger partial charge in [0.15, 0.2) is 5.76 Å². The van der Waals surface area contributed by atoms with Gasteiger partial charge in [-0.25, -0.2) is 8.42 Å². The summed E-state index contributed by atoms with van der Waals surface area (Å²) in [6.07, 6.45) is 1.35. The highest BCUT2D eigenvalue weighted by Gasteiger charge is 2.23. The number of hydrogen-bond acceptors (Lipinski definition) is 6. The highest BCUT2D eigenvalue weighted by Crippen LogP contribution is 2.18. The van der Waals surface area contributed by atoms with Gasteiger partial charge in [-0.1, -0.05) is 32.0 Å². The maximum Gasteiger partial charge on any atom is 0.291 e. The number of hydrogen-bond donors (Lipinski definition) is 3. The number of nitrogens with zero attached hydrogens (tertiary/aromatic N) is 1. The minimum atomic E-state index is -3.75. The Labute approximate surface area is 197 Å². The number of benzene rings is 2. The van der Waals surface area contributed by atoms with Crippen LogP contribution >= 0.6 is 0 Å². The number of carbonyl (C=O) groups is 3. The smallest absolute Gasteiger partial charge is 0.291 e. The number of anilines is 1. The number of hydrazine groups is 1. The molecule has 0 unspecified atom stereocenters. The summed E-state index contributed by atoms with van der Waals surface area (Å²) in [6.45, 7) is 4.03. The van der Waals surface area contributed by atoms with E-state index in [1.807, 2.05) is 0 Å². The predicted molar refractivity (Wildman–Crippen MR) is 125 cm³/mol. The average molecular weight is 485 g/mol. The van der Waals surface area contributed by atoms with Crippen LogP contribution in [0.15, 0.2) is 76.2 Å². The van der Waals surface area contributed by atoms with Crippen molar-refractivity contribution in [3.05, 3.63) is 83.8 Å². The Morgan fingerprint density at radius 3 is 2.24 bits per heavy atom. The molecule has 2 aromatic carbocycles. The van der Waals surface area contributed by atoms with Gasteiger partial charge in [0.2, 0.25) is 10.0 Å². The molecule has 0 saturated carbocycles. The summed E-state index contributed by atoms with van der Waals surface area (Å²) in [5.41, 5.74) is 4.90. The van der Waals surface area contributed by atoms with Crippen molar-refractivity contribution in [1.29, 1.82) is 0 Å². The van der Waals surface area contributed by atoms with Gasteiger partial charge in [0.05, 0.1) is 22.4 Å². The van der Waals surface area contributed by atoms with E-state index in [-0.39, 0.29) is 27.5 Å². The molecule has 10 nitrogen and oxygen atoms in total. The Morgan fingerprint density at radius 2 is 1.56 bits per heavy atom. The van der Waals surface area contributed by atoms with Crippen molar-refractivity contribution >= 4 is 33.4 Å². The van der Waals surface area contributed by atoms with Crippen LogP contribution in [0.1, 0.15) is 45.1 Å². The van der Waals surface area contributed by atoms with Crippen LogP contribution in [-0.4, -0.2) is 43.5 Å². The fourth-order valence-electron chi connectivity index (χ4n) is 3.15. The lowest BCUT2D eigenvalue weighted by Gasteiger charge is -2.18. The van der Waals surface area contributed by atoms with Crippen LogP contribution in [0, 0.1) is 0 Å². The van der Waals surface area contributed by atoms with Gasteiger partial charge in [0.25, 0.3) is 17.7 Å². The van der Waals surface area contributed by atoms with Gasteiger partial charge >= 0.3 is 0 Å². The van der Waals surface area contributed by atoms with Crippen LogP contribution in [0.5, 0.6) is 0 Å². The third-order valence-corrected chi connectivity index (χ3v) is 6.94. The maximum absolute atomic E-state index is 12.7. The first-order valence-corrected chi connectivity index (χ1v) is 11.9. The van der Waals surface area contributed by atoms with Crippen LogP contribution in [0.2, 0.25) is 0 Å². The zero-order chi connectivity index (χ0) is 24.7. The fraction of sp³-hybridized carbons (Fsp3) is 0.174. The second kappa shape index (κ2) is 10.8. The lowest BCUT2D eigenvalue weighted by Crippen LogP contribution is -2.42. The number of carbonyl (C=O) groups excluding carboxylic acids is 3. The molecule has 11 heteroatoms. The number of amides is 3. The van der Waals surface area contributed by atoms with Crippen LogP contribution in [0.3, 0.4) is 0 Å². The highest BCUT2D eigenvalue weighted by atomic mass is 32.2. The molecule has 0 spiro atoms. The molecule has 34 heavy (non-hydrogen) atoms. The van der Waals surface area contributed by atoms with Crippen LogP contribution in [0.4, 0.5) is 5.69 Å². The highest BCUT2D eigenvalue weighted by molar-refractivity contribution is 7.89. The van der Waals surface area contributed by atoms with Gasteiger partial charge in [0.1, 0.15) is 0 Å². The third-order valence-electron chi connectivity index (χ3n) is 4.89. The zero-order valence-corrected chi connectivity index (χ0v) is 19.4. The van der Waals surface area contributed by atoms with Gasteiger partial charge in [-0.05, 0) is 42.5 Å². The molecule has 3 N–H and O–H groups in total. The second-order valence-corrected chi connectivity index (χ2v) is 8.94. The van der Waals surface area contributed by atoms with Crippen LogP contribution in [-0.2, 0) is 10.0 Å². The molecule has 0 bridgehead atoms. The molecule has 0 radical (unpaired) electrons. The van der Waals surface area contributed by atoms with E-state index < -0.39 is 27.7 Å². The van der Waals surface area contributed by atoms with E-state index in [4.69, 9.17) is 4.42 Å². The maximum atomic E-state index is 12.7. The third kappa shape index (κ3) is 5.50. The van der Waals surface area contributed by atoms with E-state index in [1.165, 1.54) is 53.0 Å². The number of para-hydroxylation sites is 1. The summed E-state index contributed by atoms with van der Waals surface area (Å²) < 4.78 is 31.7. The molecule has 0 aliphatic heterocycles. The molecule has 0 saturated heterocycles. The van der Waals surface area contributed by atoms with E-state index in [2.05, 4.69) is 16.2 Å². The van der Waals surface area contributed by atoms with Crippen molar-refractivity contribution in [3.8, 4) is 0 Å². The van der Waals surface area contributed by atoms with Crippen molar-refractivity contribution in [1.82, 2.24) is 15.2 Å². The Kier molecular flexibility index (Phi) is 7.82. The van der Waals surface area contributed by atoms with Crippen molar-refractivity contribution in [2.45, 2.75) is 18.7 Å². The van der Waals surface area contributed by atoms with E-state index in [0.717, 1.165) is 0 Å². The number of rotatable bonds is 8. The first kappa shape index (κ1) is 24.7. The molecule has 0 aliphatic carbocycles.